The summed E-state index contributed by atoms with van der Waals surface area (Å²) < 4.78 is 19.4. The molecule has 0 fully saturated rings. The van der Waals surface area contributed by atoms with Crippen molar-refractivity contribution >= 4 is 11.6 Å². The van der Waals surface area contributed by atoms with Crippen LogP contribution < -0.4 is 10.5 Å². The summed E-state index contributed by atoms with van der Waals surface area (Å²) >= 11 is 5.99. The highest BCUT2D eigenvalue weighted by molar-refractivity contribution is 6.31. The lowest BCUT2D eigenvalue weighted by Crippen LogP contribution is -2.04. The summed E-state index contributed by atoms with van der Waals surface area (Å²) in [6.45, 7) is 4.49. The molecule has 2 nitrogen and oxygen atoms in total. The molecule has 0 aliphatic heterocycles. The lowest BCUT2D eigenvalue weighted by atomic mass is 10.1. The van der Waals surface area contributed by atoms with E-state index in [4.69, 9.17) is 22.1 Å². The quantitative estimate of drug-likeness (QED) is 0.920. The Balaban J connectivity index is 2.23. The van der Waals surface area contributed by atoms with Gasteiger partial charge in [0.05, 0.1) is 5.02 Å². The van der Waals surface area contributed by atoms with Crippen LogP contribution in [0.25, 0.3) is 0 Å². The number of rotatable bonds is 4. The molecule has 0 amide bonds. The second-order valence-electron chi connectivity index (χ2n) is 4.75. The molecular weight excluding hydrogens is 277 g/mol. The Morgan fingerprint density at radius 3 is 2.40 bits per heavy atom. The van der Waals surface area contributed by atoms with Crippen LogP contribution in [-0.4, -0.2) is 0 Å². The Morgan fingerprint density at radius 2 is 1.85 bits per heavy atom. The molecule has 0 bridgehead atoms. The first kappa shape index (κ1) is 14.8. The standard InChI is InChI=1S/C16H17ClFNO/c1-10-6-12(8-19)7-11(2)16(10)20-9-13-14(17)4-3-5-15(13)18/h3-7H,8-9,19H2,1-2H3. The van der Waals surface area contributed by atoms with E-state index in [9.17, 15) is 4.39 Å². The molecule has 0 aliphatic carbocycles. The molecule has 0 heterocycles. The van der Waals surface area contributed by atoms with E-state index in [2.05, 4.69) is 0 Å². The Morgan fingerprint density at radius 1 is 1.20 bits per heavy atom. The maximum atomic E-state index is 13.7. The van der Waals surface area contributed by atoms with Crippen LogP contribution in [0.2, 0.25) is 5.02 Å². The van der Waals surface area contributed by atoms with Crippen molar-refractivity contribution < 1.29 is 9.13 Å². The van der Waals surface area contributed by atoms with Crippen molar-refractivity contribution in [1.82, 2.24) is 0 Å². The summed E-state index contributed by atoms with van der Waals surface area (Å²) in [6.07, 6.45) is 0. The minimum absolute atomic E-state index is 0.106. The van der Waals surface area contributed by atoms with Crippen molar-refractivity contribution in [2.75, 3.05) is 0 Å². The molecule has 2 aromatic carbocycles. The van der Waals surface area contributed by atoms with Gasteiger partial charge in [0.15, 0.2) is 0 Å². The first-order chi connectivity index (χ1) is 9.52. The smallest absolute Gasteiger partial charge is 0.131 e. The van der Waals surface area contributed by atoms with Crippen LogP contribution in [0.5, 0.6) is 5.75 Å². The maximum absolute atomic E-state index is 13.7. The number of ether oxygens (including phenoxy) is 1. The van der Waals surface area contributed by atoms with Gasteiger partial charge in [0.2, 0.25) is 0 Å². The number of nitrogens with two attached hydrogens (primary N) is 1. The number of hydrogen-bond acceptors (Lipinski definition) is 2. The Hall–Kier alpha value is -1.58. The summed E-state index contributed by atoms with van der Waals surface area (Å²) in [7, 11) is 0. The molecule has 0 radical (unpaired) electrons. The monoisotopic (exact) mass is 293 g/mol. The fraction of sp³-hybridized carbons (Fsp3) is 0.250. The normalized spacial score (nSPS) is 10.7. The Kier molecular flexibility index (Phi) is 4.63. The maximum Gasteiger partial charge on any atom is 0.131 e. The third-order valence-corrected chi connectivity index (χ3v) is 3.53. The van der Waals surface area contributed by atoms with Gasteiger partial charge in [-0.25, -0.2) is 4.39 Å². The van der Waals surface area contributed by atoms with E-state index in [1.807, 2.05) is 26.0 Å². The van der Waals surface area contributed by atoms with Crippen LogP contribution in [-0.2, 0) is 13.2 Å². The van der Waals surface area contributed by atoms with Gasteiger partial charge in [-0.2, -0.15) is 0 Å². The van der Waals surface area contributed by atoms with Crippen LogP contribution in [0.1, 0.15) is 22.3 Å². The summed E-state index contributed by atoms with van der Waals surface area (Å²) in [5.41, 5.74) is 9.03. The molecule has 0 aromatic heterocycles. The highest BCUT2D eigenvalue weighted by Crippen LogP contribution is 2.27. The predicted molar refractivity (Wildman–Crippen MR) is 79.5 cm³/mol. The Bertz CT molecular complexity index is 585. The second-order valence-corrected chi connectivity index (χ2v) is 5.16. The summed E-state index contributed by atoms with van der Waals surface area (Å²) in [5, 5.41) is 0.374. The van der Waals surface area contributed by atoms with Gasteiger partial charge in [-0.05, 0) is 42.7 Å². The van der Waals surface area contributed by atoms with E-state index in [0.717, 1.165) is 22.4 Å². The Labute approximate surface area is 123 Å². The highest BCUT2D eigenvalue weighted by Gasteiger charge is 2.10. The molecular formula is C16H17ClFNO. The topological polar surface area (TPSA) is 35.2 Å². The van der Waals surface area contributed by atoms with Crippen LogP contribution in [0.15, 0.2) is 30.3 Å². The fourth-order valence-electron chi connectivity index (χ4n) is 2.20. The molecule has 0 spiro atoms. The van der Waals surface area contributed by atoms with E-state index < -0.39 is 0 Å². The van der Waals surface area contributed by atoms with Crippen molar-refractivity contribution in [3.8, 4) is 5.75 Å². The molecule has 2 N–H and O–H groups in total. The van der Waals surface area contributed by atoms with Gasteiger partial charge in [0, 0.05) is 12.1 Å². The zero-order valence-electron chi connectivity index (χ0n) is 11.5. The fourth-order valence-corrected chi connectivity index (χ4v) is 2.42. The molecule has 0 saturated heterocycles. The van der Waals surface area contributed by atoms with Gasteiger partial charge in [0.25, 0.3) is 0 Å². The van der Waals surface area contributed by atoms with E-state index in [0.29, 0.717) is 17.1 Å². The first-order valence-electron chi connectivity index (χ1n) is 6.38. The van der Waals surface area contributed by atoms with Crippen molar-refractivity contribution in [3.63, 3.8) is 0 Å². The van der Waals surface area contributed by atoms with Crippen molar-refractivity contribution in [1.29, 1.82) is 0 Å². The van der Waals surface area contributed by atoms with Gasteiger partial charge in [-0.3, -0.25) is 0 Å². The summed E-state index contributed by atoms with van der Waals surface area (Å²) in [6, 6.07) is 8.56. The molecule has 0 atom stereocenters. The average molecular weight is 294 g/mol. The third-order valence-electron chi connectivity index (χ3n) is 3.18. The third kappa shape index (κ3) is 3.11. The van der Waals surface area contributed by atoms with Gasteiger partial charge in [0.1, 0.15) is 18.2 Å². The van der Waals surface area contributed by atoms with E-state index in [1.165, 1.54) is 6.07 Å². The van der Waals surface area contributed by atoms with Crippen molar-refractivity contribution in [2.24, 2.45) is 5.73 Å². The van der Waals surface area contributed by atoms with Crippen LogP contribution in [0, 0.1) is 19.7 Å². The van der Waals surface area contributed by atoms with E-state index >= 15 is 0 Å². The molecule has 20 heavy (non-hydrogen) atoms. The van der Waals surface area contributed by atoms with Gasteiger partial charge < -0.3 is 10.5 Å². The van der Waals surface area contributed by atoms with E-state index in [-0.39, 0.29) is 12.4 Å². The van der Waals surface area contributed by atoms with Crippen molar-refractivity contribution in [2.45, 2.75) is 27.0 Å². The second kappa shape index (κ2) is 6.25. The molecule has 0 unspecified atom stereocenters. The van der Waals surface area contributed by atoms with Crippen molar-refractivity contribution in [3.05, 3.63) is 63.4 Å². The predicted octanol–water partition coefficient (Wildman–Crippen LogP) is 4.13. The largest absolute Gasteiger partial charge is 0.488 e. The lowest BCUT2D eigenvalue weighted by Gasteiger charge is -2.14. The molecule has 4 heteroatoms. The van der Waals surface area contributed by atoms with Gasteiger partial charge in [-0.1, -0.05) is 29.8 Å². The van der Waals surface area contributed by atoms with Crippen LogP contribution >= 0.6 is 11.6 Å². The molecule has 2 rings (SSSR count). The number of benzene rings is 2. The summed E-state index contributed by atoms with van der Waals surface area (Å²) in [4.78, 5) is 0. The van der Waals surface area contributed by atoms with Crippen LogP contribution in [0.3, 0.4) is 0 Å². The van der Waals surface area contributed by atoms with E-state index in [1.54, 1.807) is 12.1 Å². The summed E-state index contributed by atoms with van der Waals surface area (Å²) in [5.74, 6) is 0.396. The number of halogens is 2. The minimum Gasteiger partial charge on any atom is -0.488 e. The molecule has 2 aromatic rings. The first-order valence-corrected chi connectivity index (χ1v) is 6.76. The zero-order chi connectivity index (χ0) is 14.7. The zero-order valence-corrected chi connectivity index (χ0v) is 12.3. The average Bonchev–Trinajstić information content (AvgIpc) is 2.40. The molecule has 0 aliphatic rings. The lowest BCUT2D eigenvalue weighted by molar-refractivity contribution is 0.296. The van der Waals surface area contributed by atoms with Gasteiger partial charge >= 0.3 is 0 Å². The minimum atomic E-state index is -0.355. The molecule has 0 saturated carbocycles. The number of hydrogen-bond donors (Lipinski definition) is 1. The highest BCUT2D eigenvalue weighted by atomic mass is 35.5. The number of aryl methyl sites for hydroxylation is 2. The van der Waals surface area contributed by atoms with Crippen LogP contribution in [0.4, 0.5) is 4.39 Å². The van der Waals surface area contributed by atoms with Gasteiger partial charge in [-0.15, -0.1) is 0 Å². The molecule has 106 valence electrons. The SMILES string of the molecule is Cc1cc(CN)cc(C)c1OCc1c(F)cccc1Cl.